The van der Waals surface area contributed by atoms with Gasteiger partial charge in [0.15, 0.2) is 28.8 Å². The van der Waals surface area contributed by atoms with Crippen LogP contribution in [-0.2, 0) is 4.79 Å². The number of benzene rings is 4. The standard InChI is InChI=1S/C37H29NO7/c1-21(39)45-25-16-12-23(13-17-25)34(40)33-32(24-14-18-29(43-2)30(20-24)44-3)37(35(41)26-9-5-6-10-27(26)36(37)42)31-19-15-22-8-4-7-11-28(22)38(31)33/h4-20,31-33H,1-3H3/t31-,32+,33+/m1/s1. The molecule has 0 radical (unpaired) electrons. The van der Waals surface area contributed by atoms with Crippen LogP contribution in [0, 0.1) is 5.41 Å². The molecular weight excluding hydrogens is 570 g/mol. The first-order chi connectivity index (χ1) is 21.8. The molecule has 1 saturated heterocycles. The summed E-state index contributed by atoms with van der Waals surface area (Å²) in [4.78, 5) is 58.0. The minimum absolute atomic E-state index is 0.285. The number of Topliss-reactive ketones (excluding diaryl/α,β-unsaturated/α-hetero) is 3. The van der Waals surface area contributed by atoms with Crippen molar-refractivity contribution in [3.63, 3.8) is 0 Å². The van der Waals surface area contributed by atoms with E-state index in [4.69, 9.17) is 14.2 Å². The number of methoxy groups -OCH3 is 2. The highest BCUT2D eigenvalue weighted by Gasteiger charge is 2.71. The van der Waals surface area contributed by atoms with Crippen molar-refractivity contribution in [2.24, 2.45) is 5.41 Å². The maximum atomic E-state index is 14.9. The molecule has 8 nitrogen and oxygen atoms in total. The number of rotatable bonds is 6. The van der Waals surface area contributed by atoms with Crippen molar-refractivity contribution in [2.75, 3.05) is 19.1 Å². The van der Waals surface area contributed by atoms with Gasteiger partial charge < -0.3 is 19.1 Å². The molecule has 224 valence electrons. The van der Waals surface area contributed by atoms with E-state index >= 15 is 0 Å². The third-order valence-electron chi connectivity index (χ3n) is 9.15. The summed E-state index contributed by atoms with van der Waals surface area (Å²) in [7, 11) is 3.05. The Hall–Kier alpha value is -5.50. The predicted molar refractivity (Wildman–Crippen MR) is 167 cm³/mol. The second-order valence-corrected chi connectivity index (χ2v) is 11.4. The smallest absolute Gasteiger partial charge is 0.308 e. The molecule has 1 fully saturated rings. The first-order valence-corrected chi connectivity index (χ1v) is 14.6. The molecular formula is C37H29NO7. The molecule has 3 aliphatic rings. The summed E-state index contributed by atoms with van der Waals surface area (Å²) in [6.45, 7) is 1.31. The zero-order chi connectivity index (χ0) is 31.5. The number of carbonyl (C=O) groups excluding carboxylic acids is 4. The molecule has 4 aromatic carbocycles. The van der Waals surface area contributed by atoms with E-state index in [0.29, 0.717) is 39.5 Å². The summed E-state index contributed by atoms with van der Waals surface area (Å²) in [5.41, 5.74) is 1.61. The molecule has 0 unspecified atom stereocenters. The molecule has 0 N–H and O–H groups in total. The Balaban J connectivity index is 1.50. The second-order valence-electron chi connectivity index (χ2n) is 11.4. The Bertz CT molecular complexity index is 1890. The Morgan fingerprint density at radius 2 is 1.42 bits per heavy atom. The Kier molecular flexibility index (Phi) is 6.66. The van der Waals surface area contributed by atoms with Crippen LogP contribution in [0.15, 0.2) is 97.1 Å². The van der Waals surface area contributed by atoms with E-state index in [9.17, 15) is 19.2 Å². The number of para-hydroxylation sites is 1. The van der Waals surface area contributed by atoms with Gasteiger partial charge in [0.1, 0.15) is 17.2 Å². The zero-order valence-electron chi connectivity index (χ0n) is 24.9. The highest BCUT2D eigenvalue weighted by atomic mass is 16.5. The summed E-state index contributed by atoms with van der Waals surface area (Å²) < 4.78 is 16.4. The first-order valence-electron chi connectivity index (χ1n) is 14.6. The van der Waals surface area contributed by atoms with Crippen LogP contribution < -0.4 is 19.1 Å². The van der Waals surface area contributed by atoms with Gasteiger partial charge in [-0.1, -0.05) is 60.7 Å². The average molecular weight is 600 g/mol. The fourth-order valence-electron chi connectivity index (χ4n) is 7.36. The molecule has 0 amide bonds. The largest absolute Gasteiger partial charge is 0.493 e. The molecule has 0 bridgehead atoms. The Morgan fingerprint density at radius 1 is 0.778 bits per heavy atom. The van der Waals surface area contributed by atoms with Crippen LogP contribution in [-0.4, -0.2) is 49.6 Å². The quantitative estimate of drug-likeness (QED) is 0.116. The van der Waals surface area contributed by atoms with Crippen LogP contribution in [0.3, 0.4) is 0 Å². The summed E-state index contributed by atoms with van der Waals surface area (Å²) in [6, 6.07) is 24.4. The highest BCUT2D eigenvalue weighted by Crippen LogP contribution is 2.61. The van der Waals surface area contributed by atoms with E-state index in [0.717, 1.165) is 11.3 Å². The summed E-state index contributed by atoms with van der Waals surface area (Å²) >= 11 is 0. The third kappa shape index (κ3) is 4.05. The molecule has 1 spiro atoms. The van der Waals surface area contributed by atoms with Crippen molar-refractivity contribution >= 4 is 35.1 Å². The van der Waals surface area contributed by atoms with Crippen molar-refractivity contribution in [2.45, 2.75) is 24.9 Å². The number of esters is 1. The van der Waals surface area contributed by atoms with E-state index in [1.54, 1.807) is 66.7 Å². The van der Waals surface area contributed by atoms with Gasteiger partial charge in [-0.05, 0) is 53.6 Å². The number of nitrogens with zero attached hydrogens (tertiary/aromatic N) is 1. The van der Waals surface area contributed by atoms with Gasteiger partial charge in [0, 0.05) is 35.2 Å². The molecule has 7 rings (SSSR count). The minimum atomic E-state index is -1.65. The topological polar surface area (TPSA) is 99.2 Å². The van der Waals surface area contributed by atoms with Crippen molar-refractivity contribution in [3.05, 3.63) is 125 Å². The summed E-state index contributed by atoms with van der Waals surface area (Å²) in [6.07, 6.45) is 3.81. The molecule has 8 heteroatoms. The maximum absolute atomic E-state index is 14.9. The van der Waals surface area contributed by atoms with E-state index < -0.39 is 29.4 Å². The fraction of sp³-hybridized carbons (Fsp3) is 0.189. The lowest BCUT2D eigenvalue weighted by Gasteiger charge is -2.37. The molecule has 3 atom stereocenters. The number of ketones is 3. The van der Waals surface area contributed by atoms with Gasteiger partial charge in [0.25, 0.3) is 0 Å². The van der Waals surface area contributed by atoms with E-state index in [-0.39, 0.29) is 17.3 Å². The van der Waals surface area contributed by atoms with Gasteiger partial charge in [0.05, 0.1) is 20.3 Å². The van der Waals surface area contributed by atoms with Crippen LogP contribution in [0.4, 0.5) is 5.69 Å². The van der Waals surface area contributed by atoms with Crippen molar-refractivity contribution in [3.8, 4) is 17.2 Å². The van der Waals surface area contributed by atoms with E-state index in [1.165, 1.54) is 21.1 Å². The number of anilines is 1. The number of ether oxygens (including phenoxy) is 3. The van der Waals surface area contributed by atoms with E-state index in [2.05, 4.69) is 0 Å². The molecule has 4 aromatic rings. The third-order valence-corrected chi connectivity index (χ3v) is 9.15. The lowest BCUT2D eigenvalue weighted by atomic mass is 9.64. The van der Waals surface area contributed by atoms with Gasteiger partial charge in [-0.15, -0.1) is 0 Å². The van der Waals surface area contributed by atoms with E-state index in [1.807, 2.05) is 41.3 Å². The van der Waals surface area contributed by atoms with Crippen molar-refractivity contribution < 1.29 is 33.4 Å². The summed E-state index contributed by atoms with van der Waals surface area (Å²) in [5, 5.41) is 0. The monoisotopic (exact) mass is 599 g/mol. The highest BCUT2D eigenvalue weighted by molar-refractivity contribution is 6.32. The minimum Gasteiger partial charge on any atom is -0.493 e. The lowest BCUT2D eigenvalue weighted by Crippen LogP contribution is -2.48. The van der Waals surface area contributed by atoms with Crippen LogP contribution >= 0.6 is 0 Å². The number of fused-ring (bicyclic) bond motifs is 5. The molecule has 45 heavy (non-hydrogen) atoms. The molecule has 0 aromatic heterocycles. The number of carbonyl (C=O) groups is 4. The first kappa shape index (κ1) is 28.3. The Labute approximate surface area is 259 Å². The fourth-order valence-corrected chi connectivity index (χ4v) is 7.36. The van der Waals surface area contributed by atoms with Crippen molar-refractivity contribution in [1.29, 1.82) is 0 Å². The molecule has 2 heterocycles. The van der Waals surface area contributed by atoms with Gasteiger partial charge in [-0.3, -0.25) is 19.2 Å². The molecule has 0 saturated carbocycles. The second kappa shape index (κ2) is 10.6. The SMILES string of the molecule is COc1ccc([C@H]2[C@@H](C(=O)c3ccc(OC(C)=O)cc3)N3c4ccccc4C=C[C@@H]3C23C(=O)c2ccccc2C3=O)cc1OC. The number of hydrogen-bond donors (Lipinski definition) is 0. The van der Waals surface area contributed by atoms with Gasteiger partial charge >= 0.3 is 5.97 Å². The average Bonchev–Trinajstić information content (AvgIpc) is 3.50. The van der Waals surface area contributed by atoms with Crippen molar-refractivity contribution in [1.82, 2.24) is 0 Å². The van der Waals surface area contributed by atoms with Crippen LogP contribution in [0.2, 0.25) is 0 Å². The van der Waals surface area contributed by atoms with Crippen LogP contribution in [0.1, 0.15) is 55.0 Å². The Morgan fingerprint density at radius 3 is 2.07 bits per heavy atom. The van der Waals surface area contributed by atoms with Crippen LogP contribution in [0.25, 0.3) is 6.08 Å². The van der Waals surface area contributed by atoms with Crippen LogP contribution in [0.5, 0.6) is 17.2 Å². The molecule has 1 aliphatic carbocycles. The predicted octanol–water partition coefficient (Wildman–Crippen LogP) is 5.95. The van der Waals surface area contributed by atoms with Gasteiger partial charge in [0.2, 0.25) is 0 Å². The van der Waals surface area contributed by atoms with Gasteiger partial charge in [-0.2, -0.15) is 0 Å². The zero-order valence-corrected chi connectivity index (χ0v) is 24.9. The normalized spacial score (nSPS) is 20.4. The lowest BCUT2D eigenvalue weighted by molar-refractivity contribution is -0.131. The number of hydrogen-bond acceptors (Lipinski definition) is 8. The maximum Gasteiger partial charge on any atom is 0.308 e. The van der Waals surface area contributed by atoms with Gasteiger partial charge in [-0.25, -0.2) is 0 Å². The summed E-state index contributed by atoms with van der Waals surface area (Å²) in [5.74, 6) is -1.11. The molecule has 2 aliphatic heterocycles.